The lowest BCUT2D eigenvalue weighted by atomic mass is 10.1. The van der Waals surface area contributed by atoms with Gasteiger partial charge in [-0.2, -0.15) is 0 Å². The van der Waals surface area contributed by atoms with Crippen molar-refractivity contribution < 1.29 is 0 Å². The van der Waals surface area contributed by atoms with Gasteiger partial charge in [0.1, 0.15) is 5.82 Å². The third-order valence-electron chi connectivity index (χ3n) is 3.77. The van der Waals surface area contributed by atoms with Gasteiger partial charge < -0.3 is 15.6 Å². The molecule has 5 nitrogen and oxygen atoms in total. The van der Waals surface area contributed by atoms with Gasteiger partial charge in [0, 0.05) is 25.6 Å². The second kappa shape index (κ2) is 9.75. The zero-order chi connectivity index (χ0) is 15.9. The number of para-hydroxylation sites is 2. The number of aromatic nitrogens is 2. The molecular formula is C17H28IN5. The van der Waals surface area contributed by atoms with E-state index in [9.17, 15) is 0 Å². The van der Waals surface area contributed by atoms with Crippen LogP contribution in [0.2, 0.25) is 0 Å². The number of nitrogens with one attached hydrogen (secondary N) is 3. The molecule has 1 atom stereocenters. The van der Waals surface area contributed by atoms with Gasteiger partial charge in [-0.05, 0) is 31.9 Å². The predicted molar refractivity (Wildman–Crippen MR) is 109 cm³/mol. The number of halogens is 1. The van der Waals surface area contributed by atoms with E-state index in [1.165, 1.54) is 0 Å². The second-order valence-electron chi connectivity index (χ2n) is 5.89. The molecule has 128 valence electrons. The molecule has 2 aromatic rings. The number of H-pyrrole nitrogens is 1. The first kappa shape index (κ1) is 19.7. The van der Waals surface area contributed by atoms with Gasteiger partial charge in [0.15, 0.2) is 5.96 Å². The number of aromatic amines is 1. The molecule has 0 spiro atoms. The molecule has 6 heteroatoms. The smallest absolute Gasteiger partial charge is 0.191 e. The van der Waals surface area contributed by atoms with Crippen molar-refractivity contribution in [3.05, 3.63) is 30.1 Å². The van der Waals surface area contributed by atoms with Crippen molar-refractivity contribution in [2.45, 2.75) is 40.2 Å². The Morgan fingerprint density at radius 1 is 1.26 bits per heavy atom. The normalized spacial score (nSPS) is 13.0. The summed E-state index contributed by atoms with van der Waals surface area (Å²) in [5, 5.41) is 6.73. The molecule has 2 rings (SSSR count). The zero-order valence-corrected chi connectivity index (χ0v) is 16.7. The quantitative estimate of drug-likeness (QED) is 0.375. The maximum absolute atomic E-state index is 4.64. The van der Waals surface area contributed by atoms with Crippen LogP contribution in [0.4, 0.5) is 0 Å². The third-order valence-corrected chi connectivity index (χ3v) is 3.77. The van der Waals surface area contributed by atoms with E-state index in [-0.39, 0.29) is 24.0 Å². The molecule has 0 aliphatic rings. The minimum absolute atomic E-state index is 0. The van der Waals surface area contributed by atoms with E-state index in [0.29, 0.717) is 18.5 Å². The number of nitrogens with zero attached hydrogens (tertiary/aromatic N) is 2. The van der Waals surface area contributed by atoms with Crippen LogP contribution in [0.1, 0.15) is 33.5 Å². The van der Waals surface area contributed by atoms with E-state index in [2.05, 4.69) is 53.3 Å². The molecule has 1 unspecified atom stereocenters. The molecule has 0 fully saturated rings. The number of hydrogen-bond donors (Lipinski definition) is 3. The molecule has 1 aromatic heterocycles. The van der Waals surface area contributed by atoms with E-state index >= 15 is 0 Å². The fourth-order valence-corrected chi connectivity index (χ4v) is 2.10. The van der Waals surface area contributed by atoms with Crippen molar-refractivity contribution in [3.63, 3.8) is 0 Å². The topological polar surface area (TPSA) is 65.1 Å². The summed E-state index contributed by atoms with van der Waals surface area (Å²) < 4.78 is 0. The molecule has 3 N–H and O–H groups in total. The Bertz CT molecular complexity index is 587. The van der Waals surface area contributed by atoms with Crippen molar-refractivity contribution in [3.8, 4) is 0 Å². The summed E-state index contributed by atoms with van der Waals surface area (Å²) in [5.74, 6) is 2.43. The molecule has 0 aliphatic carbocycles. The van der Waals surface area contributed by atoms with Crippen molar-refractivity contribution in [1.82, 2.24) is 20.6 Å². The first-order chi connectivity index (χ1) is 10.6. The highest BCUT2D eigenvalue weighted by Gasteiger charge is 2.08. The summed E-state index contributed by atoms with van der Waals surface area (Å²) in [6.07, 6.45) is 0.807. The number of benzene rings is 1. The van der Waals surface area contributed by atoms with E-state index in [4.69, 9.17) is 0 Å². The van der Waals surface area contributed by atoms with Gasteiger partial charge in [-0.15, -0.1) is 24.0 Å². The summed E-state index contributed by atoms with van der Waals surface area (Å²) in [6, 6.07) is 8.48. The van der Waals surface area contributed by atoms with Crippen molar-refractivity contribution in [2.24, 2.45) is 10.9 Å². The number of guanidine groups is 1. The molecular weight excluding hydrogens is 401 g/mol. The van der Waals surface area contributed by atoms with E-state index in [1.54, 1.807) is 0 Å². The summed E-state index contributed by atoms with van der Waals surface area (Å²) in [5.41, 5.74) is 2.10. The Morgan fingerprint density at radius 2 is 2.00 bits per heavy atom. The fourth-order valence-electron chi connectivity index (χ4n) is 2.10. The van der Waals surface area contributed by atoms with Gasteiger partial charge in [-0.3, -0.25) is 4.99 Å². The van der Waals surface area contributed by atoms with Gasteiger partial charge in [0.2, 0.25) is 0 Å². The first-order valence-electron chi connectivity index (χ1n) is 8.08. The lowest BCUT2D eigenvalue weighted by molar-refractivity contribution is 0.481. The van der Waals surface area contributed by atoms with Crippen molar-refractivity contribution in [2.75, 3.05) is 13.1 Å². The Morgan fingerprint density at radius 3 is 2.65 bits per heavy atom. The maximum Gasteiger partial charge on any atom is 0.191 e. The van der Waals surface area contributed by atoms with Crippen LogP contribution in [0.25, 0.3) is 11.0 Å². The number of rotatable bonds is 6. The Kier molecular flexibility index (Phi) is 8.36. The molecule has 0 saturated carbocycles. The Balaban J connectivity index is 0.00000264. The zero-order valence-electron chi connectivity index (χ0n) is 14.4. The van der Waals surface area contributed by atoms with Crippen LogP contribution >= 0.6 is 24.0 Å². The lowest BCUT2D eigenvalue weighted by Gasteiger charge is -2.20. The summed E-state index contributed by atoms with van der Waals surface area (Å²) in [7, 11) is 0. The van der Waals surface area contributed by atoms with E-state index < -0.39 is 0 Å². The summed E-state index contributed by atoms with van der Waals surface area (Å²) in [6.45, 7) is 10.2. The van der Waals surface area contributed by atoms with Crippen molar-refractivity contribution >= 4 is 41.0 Å². The predicted octanol–water partition coefficient (Wildman–Crippen LogP) is 3.32. The molecule has 0 saturated heterocycles. The second-order valence-corrected chi connectivity index (χ2v) is 5.89. The SMILES string of the molecule is CCNC(=NCCc1nc2ccccc2[nH]1)NC(C)C(C)C.I. The van der Waals surface area contributed by atoms with Gasteiger partial charge >= 0.3 is 0 Å². The summed E-state index contributed by atoms with van der Waals surface area (Å²) >= 11 is 0. The lowest BCUT2D eigenvalue weighted by Crippen LogP contribution is -2.44. The largest absolute Gasteiger partial charge is 0.357 e. The Hall–Kier alpha value is -1.31. The van der Waals surface area contributed by atoms with Gasteiger partial charge in [0.25, 0.3) is 0 Å². The van der Waals surface area contributed by atoms with Crippen LogP contribution < -0.4 is 10.6 Å². The minimum atomic E-state index is 0. The monoisotopic (exact) mass is 429 g/mol. The van der Waals surface area contributed by atoms with Crippen LogP contribution in [0.15, 0.2) is 29.3 Å². The highest BCUT2D eigenvalue weighted by molar-refractivity contribution is 14.0. The molecule has 0 amide bonds. The van der Waals surface area contributed by atoms with Crippen LogP contribution in [-0.2, 0) is 6.42 Å². The summed E-state index contributed by atoms with van der Waals surface area (Å²) in [4.78, 5) is 12.6. The van der Waals surface area contributed by atoms with Crippen LogP contribution in [0, 0.1) is 5.92 Å². The number of fused-ring (bicyclic) bond motifs is 1. The van der Waals surface area contributed by atoms with Gasteiger partial charge in [0.05, 0.1) is 11.0 Å². The number of imidazole rings is 1. The minimum Gasteiger partial charge on any atom is -0.357 e. The molecule has 0 radical (unpaired) electrons. The van der Waals surface area contributed by atoms with Crippen LogP contribution in [0.5, 0.6) is 0 Å². The molecule has 23 heavy (non-hydrogen) atoms. The Labute approximate surface area is 155 Å². The van der Waals surface area contributed by atoms with Crippen molar-refractivity contribution in [1.29, 1.82) is 0 Å². The number of aliphatic imine (C=N–C) groups is 1. The molecule has 0 aliphatic heterocycles. The van der Waals surface area contributed by atoms with Crippen LogP contribution in [-0.4, -0.2) is 35.1 Å². The first-order valence-corrected chi connectivity index (χ1v) is 8.08. The van der Waals surface area contributed by atoms with Crippen LogP contribution in [0.3, 0.4) is 0 Å². The molecule has 1 heterocycles. The molecule has 0 bridgehead atoms. The molecule has 1 aromatic carbocycles. The van der Waals surface area contributed by atoms with Gasteiger partial charge in [-0.25, -0.2) is 4.98 Å². The standard InChI is InChI=1S/C17H27N5.HI/c1-5-18-17(20-13(4)12(2)3)19-11-10-16-21-14-8-6-7-9-15(14)22-16;/h6-9,12-13H,5,10-11H2,1-4H3,(H,21,22)(H2,18,19,20);1H. The highest BCUT2D eigenvalue weighted by Crippen LogP contribution is 2.10. The fraction of sp³-hybridized carbons (Fsp3) is 0.529. The average molecular weight is 429 g/mol. The van der Waals surface area contributed by atoms with E-state index in [1.807, 2.05) is 24.3 Å². The van der Waals surface area contributed by atoms with Gasteiger partial charge in [-0.1, -0.05) is 26.0 Å². The maximum atomic E-state index is 4.64. The average Bonchev–Trinajstić information content (AvgIpc) is 2.89. The van der Waals surface area contributed by atoms with E-state index in [0.717, 1.165) is 35.8 Å². The number of hydrogen-bond acceptors (Lipinski definition) is 2. The highest BCUT2D eigenvalue weighted by atomic mass is 127. The third kappa shape index (κ3) is 6.01.